The van der Waals surface area contributed by atoms with Crippen molar-refractivity contribution in [2.45, 2.75) is 12.8 Å². The van der Waals surface area contributed by atoms with E-state index in [1.165, 1.54) is 18.2 Å². The van der Waals surface area contributed by atoms with Crippen LogP contribution in [0.5, 0.6) is 0 Å². The Morgan fingerprint density at radius 2 is 1.15 bits per heavy atom. The fourth-order valence-electron chi connectivity index (χ4n) is 5.14. The lowest BCUT2D eigenvalue weighted by Crippen LogP contribution is -1.95. The normalized spacial score (nSPS) is 11.1. The van der Waals surface area contributed by atoms with E-state index in [2.05, 4.69) is 15.9 Å². The highest BCUT2D eigenvalue weighted by Crippen LogP contribution is 2.32. The zero-order chi connectivity index (χ0) is 32.4. The molecule has 0 bridgehead atoms. The van der Waals surface area contributed by atoms with Gasteiger partial charge in [0.15, 0.2) is 23.3 Å². The third kappa shape index (κ3) is 6.74. The number of hydrogen-bond donors (Lipinski definition) is 1. The third-order valence-corrected chi connectivity index (χ3v) is 8.01. The standard InChI is InChI=1S/C22H14F2O3.C15H9BrF2O/c23-19-8-7-13(10-20(19)24)9-16-12-18-17(5-2-6-21(18)27-16)14-3-1-4-15(11-14)22(25)26;16-12-2-1-3-15-11(12)8-10(19-15)6-9-4-5-13(17)14(18)7-9/h1-8,10-12H,9H2,(H,25,26);1-5,7-8H,6H2. The zero-order valence-corrected chi connectivity index (χ0v) is 25.5. The van der Waals surface area contributed by atoms with Gasteiger partial charge >= 0.3 is 5.97 Å². The largest absolute Gasteiger partial charge is 0.478 e. The summed E-state index contributed by atoms with van der Waals surface area (Å²) in [4.78, 5) is 11.2. The number of fused-ring (bicyclic) bond motifs is 2. The van der Waals surface area contributed by atoms with Gasteiger partial charge in [0.2, 0.25) is 0 Å². The fraction of sp³-hybridized carbons (Fsp3) is 0.0541. The molecule has 2 heterocycles. The smallest absolute Gasteiger partial charge is 0.335 e. The van der Waals surface area contributed by atoms with Crippen molar-refractivity contribution >= 4 is 43.8 Å². The molecular formula is C37H23BrF4O4. The van der Waals surface area contributed by atoms with Crippen LogP contribution in [0.15, 0.2) is 123 Å². The van der Waals surface area contributed by atoms with Crippen LogP contribution in [-0.4, -0.2) is 11.1 Å². The maximum Gasteiger partial charge on any atom is 0.335 e. The molecule has 0 aliphatic carbocycles. The summed E-state index contributed by atoms with van der Waals surface area (Å²) >= 11 is 3.45. The van der Waals surface area contributed by atoms with Crippen LogP contribution in [0, 0.1) is 23.3 Å². The number of carboxylic acids is 1. The Balaban J connectivity index is 0.000000172. The Kier molecular flexibility index (Phi) is 8.76. The van der Waals surface area contributed by atoms with E-state index in [1.54, 1.807) is 18.2 Å². The minimum atomic E-state index is -0.991. The van der Waals surface area contributed by atoms with Crippen molar-refractivity contribution < 1.29 is 36.3 Å². The number of carboxylic acid groups (broad SMARTS) is 1. The van der Waals surface area contributed by atoms with E-state index >= 15 is 0 Å². The molecule has 0 amide bonds. The van der Waals surface area contributed by atoms with Crippen LogP contribution in [-0.2, 0) is 12.8 Å². The molecule has 0 saturated carbocycles. The van der Waals surface area contributed by atoms with Crippen LogP contribution in [0.1, 0.15) is 33.0 Å². The van der Waals surface area contributed by atoms with Gasteiger partial charge in [0, 0.05) is 28.1 Å². The van der Waals surface area contributed by atoms with Crippen LogP contribution < -0.4 is 0 Å². The van der Waals surface area contributed by atoms with Gasteiger partial charge in [-0.1, -0.05) is 58.4 Å². The van der Waals surface area contributed by atoms with Crippen LogP contribution >= 0.6 is 15.9 Å². The first-order valence-corrected chi connectivity index (χ1v) is 14.8. The zero-order valence-electron chi connectivity index (χ0n) is 23.9. The second-order valence-corrected chi connectivity index (χ2v) is 11.4. The first-order valence-electron chi connectivity index (χ1n) is 14.0. The van der Waals surface area contributed by atoms with Crippen molar-refractivity contribution in [3.63, 3.8) is 0 Å². The highest BCUT2D eigenvalue weighted by Gasteiger charge is 2.13. The summed E-state index contributed by atoms with van der Waals surface area (Å²) in [5.41, 5.74) is 4.50. The predicted octanol–water partition coefficient (Wildman–Crippen LogP) is 10.7. The molecule has 0 aliphatic rings. The molecule has 4 nitrogen and oxygen atoms in total. The molecule has 0 aliphatic heterocycles. The van der Waals surface area contributed by atoms with Gasteiger partial charge in [-0.3, -0.25) is 0 Å². The van der Waals surface area contributed by atoms with E-state index in [0.717, 1.165) is 50.2 Å². The van der Waals surface area contributed by atoms with Crippen molar-refractivity contribution in [2.75, 3.05) is 0 Å². The predicted molar refractivity (Wildman–Crippen MR) is 171 cm³/mol. The van der Waals surface area contributed by atoms with Crippen molar-refractivity contribution in [2.24, 2.45) is 0 Å². The van der Waals surface area contributed by atoms with Gasteiger partial charge in [0.1, 0.15) is 22.7 Å². The summed E-state index contributed by atoms with van der Waals surface area (Å²) in [6.45, 7) is 0. The third-order valence-electron chi connectivity index (χ3n) is 7.32. The van der Waals surface area contributed by atoms with Gasteiger partial charge in [0.25, 0.3) is 0 Å². The van der Waals surface area contributed by atoms with E-state index in [1.807, 2.05) is 54.6 Å². The Morgan fingerprint density at radius 1 is 0.609 bits per heavy atom. The van der Waals surface area contributed by atoms with Crippen LogP contribution in [0.25, 0.3) is 33.1 Å². The van der Waals surface area contributed by atoms with E-state index < -0.39 is 29.2 Å². The van der Waals surface area contributed by atoms with Gasteiger partial charge in [0.05, 0.1) is 5.56 Å². The quantitative estimate of drug-likeness (QED) is 0.177. The molecule has 0 saturated heterocycles. The fourth-order valence-corrected chi connectivity index (χ4v) is 5.60. The van der Waals surface area contributed by atoms with Crippen LogP contribution in [0.2, 0.25) is 0 Å². The number of carbonyl (C=O) groups is 1. The molecule has 0 atom stereocenters. The Morgan fingerprint density at radius 3 is 1.72 bits per heavy atom. The van der Waals surface area contributed by atoms with E-state index in [4.69, 9.17) is 8.83 Å². The van der Waals surface area contributed by atoms with E-state index in [0.29, 0.717) is 41.1 Å². The molecule has 1 N–H and O–H groups in total. The number of rotatable bonds is 6. The monoisotopic (exact) mass is 686 g/mol. The second-order valence-electron chi connectivity index (χ2n) is 10.5. The van der Waals surface area contributed by atoms with Gasteiger partial charge in [-0.05, 0) is 89.0 Å². The molecular weight excluding hydrogens is 664 g/mol. The minimum absolute atomic E-state index is 0.204. The second kappa shape index (κ2) is 13.1. The molecule has 0 unspecified atom stereocenters. The summed E-state index contributed by atoms with van der Waals surface area (Å²) < 4.78 is 65.0. The van der Waals surface area contributed by atoms with Gasteiger partial charge in [-0.2, -0.15) is 0 Å². The highest BCUT2D eigenvalue weighted by molar-refractivity contribution is 9.10. The molecule has 0 radical (unpaired) electrons. The average molecular weight is 687 g/mol. The molecule has 230 valence electrons. The van der Waals surface area contributed by atoms with Crippen molar-refractivity contribution in [3.8, 4) is 11.1 Å². The molecule has 46 heavy (non-hydrogen) atoms. The topological polar surface area (TPSA) is 63.6 Å². The molecule has 5 aromatic carbocycles. The van der Waals surface area contributed by atoms with Gasteiger partial charge < -0.3 is 13.9 Å². The molecule has 0 fully saturated rings. The Labute approximate surface area is 268 Å². The lowest BCUT2D eigenvalue weighted by molar-refractivity contribution is 0.0697. The molecule has 7 aromatic rings. The lowest BCUT2D eigenvalue weighted by Gasteiger charge is -2.04. The first kappa shape index (κ1) is 30.9. The summed E-state index contributed by atoms with van der Waals surface area (Å²) in [5.74, 6) is -3.12. The number of furan rings is 2. The number of aromatic carboxylic acids is 1. The van der Waals surface area contributed by atoms with Crippen LogP contribution in [0.4, 0.5) is 17.6 Å². The number of hydrogen-bond acceptors (Lipinski definition) is 3. The van der Waals surface area contributed by atoms with E-state index in [-0.39, 0.29) is 5.56 Å². The summed E-state index contributed by atoms with van der Waals surface area (Å²) in [6, 6.07) is 29.3. The Hall–Kier alpha value is -5.15. The van der Waals surface area contributed by atoms with Gasteiger partial charge in [-0.25, -0.2) is 22.4 Å². The maximum atomic E-state index is 13.4. The minimum Gasteiger partial charge on any atom is -0.478 e. The number of benzene rings is 5. The first-order chi connectivity index (χ1) is 22.1. The maximum absolute atomic E-state index is 13.4. The highest BCUT2D eigenvalue weighted by atomic mass is 79.9. The van der Waals surface area contributed by atoms with E-state index in [9.17, 15) is 27.5 Å². The van der Waals surface area contributed by atoms with Crippen molar-refractivity contribution in [3.05, 3.63) is 165 Å². The molecule has 9 heteroatoms. The average Bonchev–Trinajstić information content (AvgIpc) is 3.65. The molecule has 2 aromatic heterocycles. The van der Waals surface area contributed by atoms with Crippen molar-refractivity contribution in [1.82, 2.24) is 0 Å². The van der Waals surface area contributed by atoms with Crippen molar-refractivity contribution in [1.29, 1.82) is 0 Å². The molecule has 0 spiro atoms. The number of halogens is 5. The Bertz CT molecular complexity index is 2220. The SMILES string of the molecule is Fc1ccc(Cc2cc3c(Br)cccc3o2)cc1F.O=C(O)c1cccc(-c2cccc3oc(Cc4ccc(F)c(F)c4)cc23)c1. The van der Waals surface area contributed by atoms with Gasteiger partial charge in [-0.15, -0.1) is 0 Å². The summed E-state index contributed by atoms with van der Waals surface area (Å²) in [7, 11) is 0. The molecule has 7 rings (SSSR count). The summed E-state index contributed by atoms with van der Waals surface area (Å²) in [5, 5.41) is 11.0. The van der Waals surface area contributed by atoms with Crippen LogP contribution in [0.3, 0.4) is 0 Å². The lowest BCUT2D eigenvalue weighted by atomic mass is 9.99. The summed E-state index contributed by atoms with van der Waals surface area (Å²) in [6.07, 6.45) is 0.749.